The van der Waals surface area contributed by atoms with Crippen molar-refractivity contribution in [1.29, 1.82) is 0 Å². The van der Waals surface area contributed by atoms with Gasteiger partial charge in [-0.15, -0.1) is 0 Å². The molecule has 1 atom stereocenters. The van der Waals surface area contributed by atoms with Crippen LogP contribution in [0.3, 0.4) is 0 Å². The first-order valence-electron chi connectivity index (χ1n) is 8.25. The zero-order valence-electron chi connectivity index (χ0n) is 13.2. The van der Waals surface area contributed by atoms with E-state index in [9.17, 15) is 9.59 Å². The predicted molar refractivity (Wildman–Crippen MR) is 80.8 cm³/mol. The molecule has 2 saturated heterocycles. The maximum Gasteiger partial charge on any atom is 0.224 e. The van der Waals surface area contributed by atoms with Gasteiger partial charge in [0.15, 0.2) is 0 Å². The van der Waals surface area contributed by atoms with Crippen LogP contribution in [-0.4, -0.2) is 61.5 Å². The topological polar surface area (TPSA) is 49.9 Å². The molecular weight excluding hydrogens is 268 g/mol. The largest absolute Gasteiger partial charge is 0.385 e. The number of piperidine rings is 2. The SMILES string of the molecule is COCCC1CCCN(C(=O)CCN2CCCCC2=O)C1. The van der Waals surface area contributed by atoms with E-state index < -0.39 is 0 Å². The first kappa shape index (κ1) is 16.3. The summed E-state index contributed by atoms with van der Waals surface area (Å²) in [5.74, 6) is 0.987. The van der Waals surface area contributed by atoms with Crippen LogP contribution in [-0.2, 0) is 14.3 Å². The van der Waals surface area contributed by atoms with Crippen molar-refractivity contribution in [2.75, 3.05) is 39.9 Å². The van der Waals surface area contributed by atoms with Crippen LogP contribution in [0.4, 0.5) is 0 Å². The summed E-state index contributed by atoms with van der Waals surface area (Å²) >= 11 is 0. The molecule has 0 spiro atoms. The standard InChI is InChI=1S/C16H28N2O3/c1-21-12-8-14-5-4-10-18(13-14)16(20)7-11-17-9-3-2-6-15(17)19/h14H,2-13H2,1H3. The number of carbonyl (C=O) groups excluding carboxylic acids is 2. The highest BCUT2D eigenvalue weighted by Crippen LogP contribution is 2.20. The summed E-state index contributed by atoms with van der Waals surface area (Å²) in [5, 5.41) is 0. The van der Waals surface area contributed by atoms with Gasteiger partial charge in [0.25, 0.3) is 0 Å². The molecule has 0 aromatic carbocycles. The van der Waals surface area contributed by atoms with E-state index in [0.717, 1.165) is 51.9 Å². The van der Waals surface area contributed by atoms with Crippen LogP contribution in [0.1, 0.15) is 44.9 Å². The Kier molecular flexibility index (Phi) is 6.49. The molecule has 2 aliphatic rings. The summed E-state index contributed by atoms with van der Waals surface area (Å²) in [6.45, 7) is 3.92. The van der Waals surface area contributed by atoms with Gasteiger partial charge in [0.2, 0.25) is 11.8 Å². The van der Waals surface area contributed by atoms with Gasteiger partial charge in [-0.3, -0.25) is 9.59 Å². The fraction of sp³-hybridized carbons (Fsp3) is 0.875. The van der Waals surface area contributed by atoms with Gasteiger partial charge < -0.3 is 14.5 Å². The van der Waals surface area contributed by atoms with Crippen LogP contribution in [0.25, 0.3) is 0 Å². The molecule has 0 aliphatic carbocycles. The second-order valence-corrected chi connectivity index (χ2v) is 6.22. The van der Waals surface area contributed by atoms with Crippen LogP contribution in [0.15, 0.2) is 0 Å². The molecule has 2 fully saturated rings. The van der Waals surface area contributed by atoms with Crippen LogP contribution < -0.4 is 0 Å². The highest BCUT2D eigenvalue weighted by atomic mass is 16.5. The minimum absolute atomic E-state index is 0.204. The number of methoxy groups -OCH3 is 1. The van der Waals surface area contributed by atoms with Gasteiger partial charge in [-0.1, -0.05) is 0 Å². The maximum atomic E-state index is 12.3. The summed E-state index contributed by atoms with van der Waals surface area (Å²) in [6, 6.07) is 0. The lowest BCUT2D eigenvalue weighted by Gasteiger charge is -2.34. The molecule has 1 unspecified atom stereocenters. The zero-order valence-corrected chi connectivity index (χ0v) is 13.2. The van der Waals surface area contributed by atoms with Crippen molar-refractivity contribution < 1.29 is 14.3 Å². The molecule has 5 heteroatoms. The molecule has 0 radical (unpaired) electrons. The van der Waals surface area contributed by atoms with E-state index in [-0.39, 0.29) is 11.8 Å². The molecule has 0 saturated carbocycles. The second kappa shape index (κ2) is 8.37. The Labute approximate surface area is 127 Å². The maximum absolute atomic E-state index is 12.3. The third-order valence-corrected chi connectivity index (χ3v) is 4.62. The lowest BCUT2D eigenvalue weighted by Crippen LogP contribution is -2.43. The quantitative estimate of drug-likeness (QED) is 0.749. The normalized spacial score (nSPS) is 23.5. The van der Waals surface area contributed by atoms with Gasteiger partial charge >= 0.3 is 0 Å². The summed E-state index contributed by atoms with van der Waals surface area (Å²) < 4.78 is 5.13. The fourth-order valence-electron chi connectivity index (χ4n) is 3.30. The van der Waals surface area contributed by atoms with Gasteiger partial charge in [0.1, 0.15) is 0 Å². The molecule has 2 amide bonds. The molecule has 5 nitrogen and oxygen atoms in total. The van der Waals surface area contributed by atoms with Crippen molar-refractivity contribution in [3.05, 3.63) is 0 Å². The van der Waals surface area contributed by atoms with Crippen LogP contribution >= 0.6 is 0 Å². The summed E-state index contributed by atoms with van der Waals surface area (Å²) in [5.41, 5.74) is 0. The lowest BCUT2D eigenvalue weighted by molar-refractivity contribution is -0.136. The second-order valence-electron chi connectivity index (χ2n) is 6.22. The van der Waals surface area contributed by atoms with Crippen molar-refractivity contribution in [1.82, 2.24) is 9.80 Å². The predicted octanol–water partition coefficient (Wildman–Crippen LogP) is 1.66. The van der Waals surface area contributed by atoms with E-state index in [2.05, 4.69) is 0 Å². The van der Waals surface area contributed by atoms with Crippen molar-refractivity contribution in [3.8, 4) is 0 Å². The molecule has 0 N–H and O–H groups in total. The van der Waals surface area contributed by atoms with Crippen LogP contribution in [0.2, 0.25) is 0 Å². The van der Waals surface area contributed by atoms with Gasteiger partial charge in [0, 0.05) is 52.7 Å². The van der Waals surface area contributed by atoms with Crippen LogP contribution in [0, 0.1) is 5.92 Å². The molecule has 21 heavy (non-hydrogen) atoms. The summed E-state index contributed by atoms with van der Waals surface area (Å²) in [4.78, 5) is 27.9. The average molecular weight is 296 g/mol. The van der Waals surface area contributed by atoms with E-state index in [4.69, 9.17) is 4.74 Å². The Balaban J connectivity index is 1.73. The van der Waals surface area contributed by atoms with E-state index >= 15 is 0 Å². The van der Waals surface area contributed by atoms with Gasteiger partial charge in [-0.2, -0.15) is 0 Å². The van der Waals surface area contributed by atoms with Crippen molar-refractivity contribution in [3.63, 3.8) is 0 Å². The van der Waals surface area contributed by atoms with E-state index in [1.807, 2.05) is 9.80 Å². The van der Waals surface area contributed by atoms with E-state index in [1.54, 1.807) is 7.11 Å². The Morgan fingerprint density at radius 2 is 2.14 bits per heavy atom. The Hall–Kier alpha value is -1.10. The third-order valence-electron chi connectivity index (χ3n) is 4.62. The molecule has 2 heterocycles. The van der Waals surface area contributed by atoms with E-state index in [1.165, 1.54) is 6.42 Å². The Bertz CT molecular complexity index is 359. The lowest BCUT2D eigenvalue weighted by atomic mass is 9.95. The number of hydrogen-bond donors (Lipinski definition) is 0. The molecule has 0 aromatic heterocycles. The minimum atomic E-state index is 0.204. The first-order valence-corrected chi connectivity index (χ1v) is 8.25. The number of likely N-dealkylation sites (tertiary alicyclic amines) is 2. The average Bonchev–Trinajstić information content (AvgIpc) is 2.52. The van der Waals surface area contributed by atoms with Gasteiger partial charge in [-0.05, 0) is 38.0 Å². The third kappa shape index (κ3) is 4.99. The summed E-state index contributed by atoms with van der Waals surface area (Å²) in [7, 11) is 1.72. The van der Waals surface area contributed by atoms with Crippen molar-refractivity contribution in [2.24, 2.45) is 5.92 Å². The minimum Gasteiger partial charge on any atom is -0.385 e. The number of carbonyl (C=O) groups is 2. The highest BCUT2D eigenvalue weighted by molar-refractivity contribution is 5.79. The Morgan fingerprint density at radius 1 is 1.29 bits per heavy atom. The Morgan fingerprint density at radius 3 is 2.90 bits per heavy atom. The molecule has 0 aromatic rings. The first-order chi connectivity index (χ1) is 10.2. The smallest absolute Gasteiger partial charge is 0.224 e. The molecule has 2 rings (SSSR count). The number of rotatable bonds is 6. The molecule has 0 bridgehead atoms. The monoisotopic (exact) mass is 296 g/mol. The molecular formula is C16H28N2O3. The van der Waals surface area contributed by atoms with Crippen LogP contribution in [0.5, 0.6) is 0 Å². The summed E-state index contributed by atoms with van der Waals surface area (Å²) in [6.07, 6.45) is 6.50. The molecule has 2 aliphatic heterocycles. The number of nitrogens with zero attached hydrogens (tertiary/aromatic N) is 2. The number of hydrogen-bond acceptors (Lipinski definition) is 3. The van der Waals surface area contributed by atoms with Gasteiger partial charge in [-0.25, -0.2) is 0 Å². The van der Waals surface area contributed by atoms with Crippen molar-refractivity contribution >= 4 is 11.8 Å². The molecule has 120 valence electrons. The van der Waals surface area contributed by atoms with E-state index in [0.29, 0.717) is 25.3 Å². The fourth-order valence-corrected chi connectivity index (χ4v) is 3.30. The number of ether oxygens (including phenoxy) is 1. The zero-order chi connectivity index (χ0) is 15.1. The van der Waals surface area contributed by atoms with Crippen molar-refractivity contribution in [2.45, 2.75) is 44.9 Å². The number of amides is 2. The highest BCUT2D eigenvalue weighted by Gasteiger charge is 2.24. The van der Waals surface area contributed by atoms with Gasteiger partial charge in [0.05, 0.1) is 0 Å².